The van der Waals surface area contributed by atoms with Crippen LogP contribution in [0.25, 0.3) is 0 Å². The van der Waals surface area contributed by atoms with E-state index in [-0.39, 0.29) is 17.3 Å². The fraction of sp³-hybridized carbons (Fsp3) is 0.852. The SMILES string of the molecule is [2H]C([2H])([2H])C(O)(CCCC1(C2CCC3/C(=C/C=C4CC(O)C[C@H](O)C4)CCC[C@@]32C)CC1)C([2H])([2H])[2H]. The van der Waals surface area contributed by atoms with Crippen LogP contribution in [0.2, 0.25) is 0 Å². The zero-order valence-corrected chi connectivity index (χ0v) is 18.5. The lowest BCUT2D eigenvalue weighted by Crippen LogP contribution is -2.37. The summed E-state index contributed by atoms with van der Waals surface area (Å²) in [7, 11) is 0. The lowest BCUT2D eigenvalue weighted by Gasteiger charge is -2.45. The van der Waals surface area contributed by atoms with Gasteiger partial charge in [-0.3, -0.25) is 0 Å². The highest BCUT2D eigenvalue weighted by atomic mass is 16.3. The van der Waals surface area contributed by atoms with Gasteiger partial charge < -0.3 is 15.3 Å². The van der Waals surface area contributed by atoms with E-state index in [1.165, 1.54) is 12.0 Å². The smallest absolute Gasteiger partial charge is 0.0602 e. The summed E-state index contributed by atoms with van der Waals surface area (Å²) in [5, 5.41) is 30.7. The average molecular weight is 423 g/mol. The highest BCUT2D eigenvalue weighted by Gasteiger charge is 2.60. The van der Waals surface area contributed by atoms with Gasteiger partial charge in [0.1, 0.15) is 0 Å². The van der Waals surface area contributed by atoms with Crippen molar-refractivity contribution in [3.63, 3.8) is 0 Å². The third-order valence-electron chi connectivity index (χ3n) is 8.88. The Labute approximate surface area is 192 Å². The first-order chi connectivity index (χ1) is 16.6. The lowest BCUT2D eigenvalue weighted by molar-refractivity contribution is 0.0520. The van der Waals surface area contributed by atoms with Gasteiger partial charge in [0.15, 0.2) is 0 Å². The van der Waals surface area contributed by atoms with Gasteiger partial charge in [-0.2, -0.15) is 0 Å². The molecule has 3 N–H and O–H groups in total. The van der Waals surface area contributed by atoms with Gasteiger partial charge >= 0.3 is 0 Å². The molecule has 3 nitrogen and oxygen atoms in total. The minimum Gasteiger partial charge on any atom is -0.393 e. The van der Waals surface area contributed by atoms with Crippen LogP contribution in [0.1, 0.15) is 112 Å². The molecule has 4 aliphatic carbocycles. The van der Waals surface area contributed by atoms with E-state index in [0.29, 0.717) is 37.5 Å². The van der Waals surface area contributed by atoms with Crippen molar-refractivity contribution in [3.8, 4) is 0 Å². The Hall–Kier alpha value is -0.640. The van der Waals surface area contributed by atoms with Gasteiger partial charge in [-0.05, 0) is 113 Å². The van der Waals surface area contributed by atoms with Crippen LogP contribution in [0.3, 0.4) is 0 Å². The van der Waals surface area contributed by atoms with Gasteiger partial charge in [-0.25, -0.2) is 0 Å². The van der Waals surface area contributed by atoms with E-state index >= 15 is 0 Å². The molecule has 4 saturated carbocycles. The van der Waals surface area contributed by atoms with Crippen LogP contribution >= 0.6 is 0 Å². The van der Waals surface area contributed by atoms with Crippen molar-refractivity contribution in [3.05, 3.63) is 23.3 Å². The van der Waals surface area contributed by atoms with Crippen molar-refractivity contribution < 1.29 is 23.5 Å². The normalized spacial score (nSPS) is 45.1. The summed E-state index contributed by atoms with van der Waals surface area (Å²) in [6.07, 6.45) is 14.0. The number of hydrogen-bond donors (Lipinski definition) is 3. The third kappa shape index (κ3) is 4.74. The number of rotatable bonds is 6. The summed E-state index contributed by atoms with van der Waals surface area (Å²) in [4.78, 5) is 0. The number of aliphatic hydroxyl groups excluding tert-OH is 2. The molecule has 170 valence electrons. The molecule has 3 heteroatoms. The number of fused-ring (bicyclic) bond motifs is 1. The number of hydrogen-bond acceptors (Lipinski definition) is 3. The molecule has 30 heavy (non-hydrogen) atoms. The summed E-state index contributed by atoms with van der Waals surface area (Å²) in [6.45, 7) is -3.46. The zero-order valence-electron chi connectivity index (χ0n) is 24.5. The van der Waals surface area contributed by atoms with Crippen molar-refractivity contribution in [1.82, 2.24) is 0 Å². The second-order valence-electron chi connectivity index (χ2n) is 11.1. The second kappa shape index (κ2) is 8.37. The average Bonchev–Trinajstić information content (AvgIpc) is 3.42. The molecule has 4 fully saturated rings. The summed E-state index contributed by atoms with van der Waals surface area (Å²) in [5.74, 6) is 1.03. The van der Waals surface area contributed by atoms with Gasteiger partial charge in [0.2, 0.25) is 0 Å². The molecule has 3 unspecified atom stereocenters. The largest absolute Gasteiger partial charge is 0.393 e. The fourth-order valence-corrected chi connectivity index (χ4v) is 7.41. The Morgan fingerprint density at radius 3 is 2.50 bits per heavy atom. The molecule has 0 amide bonds. The number of allylic oxidation sites excluding steroid dienone is 3. The van der Waals surface area contributed by atoms with Crippen LogP contribution in [0, 0.1) is 22.7 Å². The summed E-state index contributed by atoms with van der Waals surface area (Å²) in [6, 6.07) is 0. The van der Waals surface area contributed by atoms with Crippen molar-refractivity contribution in [2.75, 3.05) is 0 Å². The van der Waals surface area contributed by atoms with Crippen LogP contribution in [0.4, 0.5) is 0 Å². The summed E-state index contributed by atoms with van der Waals surface area (Å²) < 4.78 is 45.9. The molecule has 0 bridgehead atoms. The Kier molecular flexibility index (Phi) is 4.48. The zero-order chi connectivity index (χ0) is 26.6. The van der Waals surface area contributed by atoms with Crippen molar-refractivity contribution in [2.24, 2.45) is 22.7 Å². The molecular weight excluding hydrogens is 372 g/mol. The molecule has 4 aliphatic rings. The van der Waals surface area contributed by atoms with E-state index in [4.69, 9.17) is 8.22 Å². The van der Waals surface area contributed by atoms with E-state index in [1.54, 1.807) is 0 Å². The molecule has 0 spiro atoms. The van der Waals surface area contributed by atoms with Crippen molar-refractivity contribution >= 4 is 0 Å². The molecule has 0 aromatic heterocycles. The molecule has 0 aromatic carbocycles. The molecule has 0 radical (unpaired) electrons. The molecular formula is C27H44O3. The Morgan fingerprint density at radius 1 is 1.10 bits per heavy atom. The molecule has 0 aromatic rings. The highest BCUT2D eigenvalue weighted by molar-refractivity contribution is 5.27. The van der Waals surface area contributed by atoms with Crippen LogP contribution in [-0.2, 0) is 0 Å². The molecule has 0 saturated heterocycles. The van der Waals surface area contributed by atoms with Crippen LogP contribution < -0.4 is 0 Å². The molecule has 4 rings (SSSR count). The van der Waals surface area contributed by atoms with E-state index < -0.39 is 31.5 Å². The lowest BCUT2D eigenvalue weighted by atomic mass is 9.59. The van der Waals surface area contributed by atoms with E-state index in [1.807, 2.05) is 0 Å². The monoisotopic (exact) mass is 422 g/mol. The third-order valence-corrected chi connectivity index (χ3v) is 8.88. The van der Waals surface area contributed by atoms with Crippen molar-refractivity contribution in [1.29, 1.82) is 0 Å². The van der Waals surface area contributed by atoms with Gasteiger partial charge in [0.05, 0.1) is 17.8 Å². The molecule has 0 aliphatic heterocycles. The van der Waals surface area contributed by atoms with E-state index in [9.17, 15) is 15.3 Å². The van der Waals surface area contributed by atoms with Crippen molar-refractivity contribution in [2.45, 2.75) is 122 Å². The fourth-order valence-electron chi connectivity index (χ4n) is 7.41. The minimum atomic E-state index is -2.94. The molecule has 0 heterocycles. The highest BCUT2D eigenvalue weighted by Crippen LogP contribution is 2.70. The van der Waals surface area contributed by atoms with Crippen LogP contribution in [-0.4, -0.2) is 33.1 Å². The van der Waals surface area contributed by atoms with Crippen LogP contribution in [0.15, 0.2) is 23.3 Å². The summed E-state index contributed by atoms with van der Waals surface area (Å²) in [5.41, 5.74) is 0.238. The van der Waals surface area contributed by atoms with Gasteiger partial charge in [0, 0.05) is 8.22 Å². The van der Waals surface area contributed by atoms with Crippen LogP contribution in [0.5, 0.6) is 0 Å². The van der Waals surface area contributed by atoms with Gasteiger partial charge in [-0.1, -0.05) is 36.6 Å². The van der Waals surface area contributed by atoms with E-state index in [0.717, 1.165) is 50.5 Å². The van der Waals surface area contributed by atoms with Gasteiger partial charge in [0.25, 0.3) is 0 Å². The maximum absolute atomic E-state index is 10.7. The quantitative estimate of drug-likeness (QED) is 0.516. The Balaban J connectivity index is 1.45. The maximum Gasteiger partial charge on any atom is 0.0602 e. The topological polar surface area (TPSA) is 60.7 Å². The Bertz CT molecular complexity index is 846. The minimum absolute atomic E-state index is 0.131. The first-order valence-electron chi connectivity index (χ1n) is 15.1. The second-order valence-corrected chi connectivity index (χ2v) is 11.1. The van der Waals surface area contributed by atoms with Gasteiger partial charge in [-0.15, -0.1) is 0 Å². The number of aliphatic hydroxyl groups is 3. The predicted octanol–water partition coefficient (Wildman–Crippen LogP) is 5.68. The first-order valence-corrected chi connectivity index (χ1v) is 12.1. The Morgan fingerprint density at radius 2 is 1.83 bits per heavy atom. The first kappa shape index (κ1) is 16.0. The van der Waals surface area contributed by atoms with E-state index in [2.05, 4.69) is 19.1 Å². The predicted molar refractivity (Wildman–Crippen MR) is 122 cm³/mol. The molecule has 5 atom stereocenters. The standard InChI is InChI=1S/C27H44O3/c1-25(2,30)11-5-13-27(14-15-27)24-10-9-23-20(6-4-12-26(23,24)3)8-7-19-16-21(28)18-22(29)17-19/h7-8,21-24,28-30H,4-6,9-18H2,1-3H3/b19-7?,20-8+/t21-,22?,23?,24?,26+/m1/s1/i1D3,2D3. The summed E-state index contributed by atoms with van der Waals surface area (Å²) >= 11 is 0. The maximum atomic E-state index is 10.7.